The highest BCUT2D eigenvalue weighted by atomic mass is 16.2. The normalized spacial score (nSPS) is 14.2. The van der Waals surface area contributed by atoms with E-state index < -0.39 is 0 Å². The number of hydrogen-bond acceptors (Lipinski definition) is 3. The van der Waals surface area contributed by atoms with E-state index in [2.05, 4.69) is 5.32 Å². The van der Waals surface area contributed by atoms with Crippen molar-refractivity contribution < 1.29 is 9.59 Å². The highest BCUT2D eigenvalue weighted by molar-refractivity contribution is 5.81. The molecule has 5 heteroatoms. The second-order valence-corrected chi connectivity index (χ2v) is 3.97. The quantitative estimate of drug-likeness (QED) is 0.650. The molecule has 0 aliphatic carbocycles. The van der Waals surface area contributed by atoms with Gasteiger partial charge in [0, 0.05) is 25.6 Å². The SMILES string of the molecule is CCN(CC)C(=O)C(C)NC(C)CC(N)=O. The van der Waals surface area contributed by atoms with E-state index >= 15 is 0 Å². The number of rotatable bonds is 7. The first kappa shape index (κ1) is 14.9. The maximum absolute atomic E-state index is 11.9. The number of nitrogens with two attached hydrogens (primary N) is 1. The van der Waals surface area contributed by atoms with Crippen molar-refractivity contribution in [3.8, 4) is 0 Å². The third-order valence-corrected chi connectivity index (χ3v) is 2.49. The zero-order chi connectivity index (χ0) is 12.7. The molecule has 0 rings (SSSR count). The minimum Gasteiger partial charge on any atom is -0.370 e. The molecular formula is C11H23N3O2. The molecule has 0 aliphatic rings. The lowest BCUT2D eigenvalue weighted by molar-refractivity contribution is -0.133. The van der Waals surface area contributed by atoms with Crippen LogP contribution in [0.5, 0.6) is 0 Å². The molecule has 0 saturated heterocycles. The molecule has 5 nitrogen and oxygen atoms in total. The zero-order valence-electron chi connectivity index (χ0n) is 10.6. The van der Waals surface area contributed by atoms with Gasteiger partial charge in [-0.1, -0.05) is 0 Å². The summed E-state index contributed by atoms with van der Waals surface area (Å²) in [5, 5.41) is 3.07. The topological polar surface area (TPSA) is 75.4 Å². The van der Waals surface area contributed by atoms with Gasteiger partial charge in [-0.15, -0.1) is 0 Å². The zero-order valence-corrected chi connectivity index (χ0v) is 10.6. The largest absolute Gasteiger partial charge is 0.370 e. The minimum absolute atomic E-state index is 0.0568. The van der Waals surface area contributed by atoms with Gasteiger partial charge in [-0.2, -0.15) is 0 Å². The van der Waals surface area contributed by atoms with E-state index in [1.54, 1.807) is 11.8 Å². The van der Waals surface area contributed by atoms with Gasteiger partial charge in [0.25, 0.3) is 0 Å². The fourth-order valence-corrected chi connectivity index (χ4v) is 1.67. The van der Waals surface area contributed by atoms with E-state index in [0.717, 1.165) is 0 Å². The Balaban J connectivity index is 4.18. The molecule has 2 atom stereocenters. The predicted octanol–water partition coefficient (Wildman–Crippen LogP) is 0.0968. The van der Waals surface area contributed by atoms with Crippen molar-refractivity contribution in [2.45, 2.75) is 46.2 Å². The van der Waals surface area contributed by atoms with E-state index in [4.69, 9.17) is 5.73 Å². The molecule has 0 fully saturated rings. The van der Waals surface area contributed by atoms with E-state index in [0.29, 0.717) is 13.1 Å². The Morgan fingerprint density at radius 2 is 1.75 bits per heavy atom. The van der Waals surface area contributed by atoms with Crippen LogP contribution in [0.25, 0.3) is 0 Å². The van der Waals surface area contributed by atoms with Crippen molar-refractivity contribution in [1.29, 1.82) is 0 Å². The fourth-order valence-electron chi connectivity index (χ4n) is 1.67. The highest BCUT2D eigenvalue weighted by Gasteiger charge is 2.19. The number of nitrogens with zero attached hydrogens (tertiary/aromatic N) is 1. The van der Waals surface area contributed by atoms with Crippen molar-refractivity contribution in [3.05, 3.63) is 0 Å². The van der Waals surface area contributed by atoms with Gasteiger partial charge in [0.2, 0.25) is 11.8 Å². The van der Waals surface area contributed by atoms with E-state index in [1.807, 2.05) is 20.8 Å². The molecule has 3 N–H and O–H groups in total. The molecule has 0 spiro atoms. The number of primary amides is 1. The number of likely N-dealkylation sites (N-methyl/N-ethyl adjacent to an activating group) is 1. The van der Waals surface area contributed by atoms with Crippen LogP contribution in [0, 0.1) is 0 Å². The Morgan fingerprint density at radius 1 is 1.25 bits per heavy atom. The van der Waals surface area contributed by atoms with Crippen LogP contribution in [0.3, 0.4) is 0 Å². The maximum atomic E-state index is 11.9. The molecular weight excluding hydrogens is 206 g/mol. The Kier molecular flexibility index (Phi) is 6.72. The van der Waals surface area contributed by atoms with Crippen LogP contribution in [0.2, 0.25) is 0 Å². The van der Waals surface area contributed by atoms with Crippen LogP contribution in [-0.4, -0.2) is 41.9 Å². The molecule has 0 heterocycles. The van der Waals surface area contributed by atoms with Crippen molar-refractivity contribution in [2.24, 2.45) is 5.73 Å². The summed E-state index contributed by atoms with van der Waals surface area (Å²) in [6.07, 6.45) is 0.246. The molecule has 0 aromatic carbocycles. The number of hydrogen-bond donors (Lipinski definition) is 2. The lowest BCUT2D eigenvalue weighted by Gasteiger charge is -2.25. The smallest absolute Gasteiger partial charge is 0.239 e. The lowest BCUT2D eigenvalue weighted by Crippen LogP contribution is -2.48. The van der Waals surface area contributed by atoms with E-state index in [1.165, 1.54) is 0 Å². The molecule has 0 radical (unpaired) electrons. The van der Waals surface area contributed by atoms with Crippen molar-refractivity contribution in [3.63, 3.8) is 0 Å². The molecule has 94 valence electrons. The first-order chi connectivity index (χ1) is 7.42. The Labute approximate surface area is 97.4 Å². The summed E-state index contributed by atoms with van der Waals surface area (Å²) in [7, 11) is 0. The first-order valence-corrected chi connectivity index (χ1v) is 5.75. The van der Waals surface area contributed by atoms with Crippen LogP contribution in [0.15, 0.2) is 0 Å². The summed E-state index contributed by atoms with van der Waals surface area (Å²) in [5.41, 5.74) is 5.08. The molecule has 2 unspecified atom stereocenters. The fraction of sp³-hybridized carbons (Fsp3) is 0.818. The van der Waals surface area contributed by atoms with Gasteiger partial charge in [0.1, 0.15) is 0 Å². The molecule has 16 heavy (non-hydrogen) atoms. The summed E-state index contributed by atoms with van der Waals surface area (Å²) < 4.78 is 0. The van der Waals surface area contributed by atoms with Crippen molar-refractivity contribution in [2.75, 3.05) is 13.1 Å². The van der Waals surface area contributed by atoms with Crippen LogP contribution >= 0.6 is 0 Å². The molecule has 2 amide bonds. The van der Waals surface area contributed by atoms with Gasteiger partial charge in [-0.25, -0.2) is 0 Å². The summed E-state index contributed by atoms with van der Waals surface area (Å²) in [6.45, 7) is 8.94. The number of carbonyl (C=O) groups excluding carboxylic acids is 2. The number of carbonyl (C=O) groups is 2. The molecule has 0 aliphatic heterocycles. The molecule has 0 bridgehead atoms. The van der Waals surface area contributed by atoms with Gasteiger partial charge in [-0.05, 0) is 27.7 Å². The molecule has 0 saturated carbocycles. The summed E-state index contributed by atoms with van der Waals surface area (Å²) >= 11 is 0. The third-order valence-electron chi connectivity index (χ3n) is 2.49. The summed E-state index contributed by atoms with van der Waals surface area (Å²) in [6, 6.07) is -0.360. The van der Waals surface area contributed by atoms with Gasteiger partial charge < -0.3 is 16.0 Å². The summed E-state index contributed by atoms with van der Waals surface area (Å²) in [5.74, 6) is -0.302. The average molecular weight is 229 g/mol. The monoisotopic (exact) mass is 229 g/mol. The number of nitrogens with one attached hydrogen (secondary N) is 1. The van der Waals surface area contributed by atoms with Gasteiger partial charge in [0.05, 0.1) is 6.04 Å². The van der Waals surface area contributed by atoms with Crippen LogP contribution in [0.4, 0.5) is 0 Å². The average Bonchev–Trinajstić information content (AvgIpc) is 2.17. The minimum atomic E-state index is -0.359. The van der Waals surface area contributed by atoms with Gasteiger partial charge in [-0.3, -0.25) is 9.59 Å². The van der Waals surface area contributed by atoms with E-state index in [9.17, 15) is 9.59 Å². The van der Waals surface area contributed by atoms with Crippen LogP contribution < -0.4 is 11.1 Å². The first-order valence-electron chi connectivity index (χ1n) is 5.75. The van der Waals surface area contributed by atoms with Crippen LogP contribution in [0.1, 0.15) is 34.1 Å². The van der Waals surface area contributed by atoms with Gasteiger partial charge >= 0.3 is 0 Å². The summed E-state index contributed by atoms with van der Waals surface area (Å²) in [4.78, 5) is 24.3. The Bertz CT molecular complexity index is 239. The number of amides is 2. The maximum Gasteiger partial charge on any atom is 0.239 e. The third kappa shape index (κ3) is 5.11. The lowest BCUT2D eigenvalue weighted by atomic mass is 10.2. The molecule has 0 aromatic heterocycles. The van der Waals surface area contributed by atoms with Crippen molar-refractivity contribution in [1.82, 2.24) is 10.2 Å². The van der Waals surface area contributed by atoms with Crippen LogP contribution in [-0.2, 0) is 9.59 Å². The second kappa shape index (κ2) is 7.22. The Morgan fingerprint density at radius 3 is 2.12 bits per heavy atom. The standard InChI is InChI=1S/C11H23N3O2/c1-5-14(6-2)11(16)9(4)13-8(3)7-10(12)15/h8-9,13H,5-7H2,1-4H3,(H2,12,15). The van der Waals surface area contributed by atoms with E-state index in [-0.39, 0.29) is 30.3 Å². The Hall–Kier alpha value is -1.10. The predicted molar refractivity (Wildman–Crippen MR) is 63.8 cm³/mol. The van der Waals surface area contributed by atoms with Gasteiger partial charge in [0.15, 0.2) is 0 Å². The second-order valence-electron chi connectivity index (χ2n) is 3.97. The highest BCUT2D eigenvalue weighted by Crippen LogP contribution is 1.98. The molecule has 0 aromatic rings. The van der Waals surface area contributed by atoms with Crippen molar-refractivity contribution >= 4 is 11.8 Å².